The van der Waals surface area contributed by atoms with Crippen LogP contribution in [0.2, 0.25) is 0 Å². The second kappa shape index (κ2) is 10.0. The van der Waals surface area contributed by atoms with Crippen molar-refractivity contribution in [3.63, 3.8) is 0 Å². The normalized spacial score (nSPS) is 15.3. The van der Waals surface area contributed by atoms with E-state index in [0.29, 0.717) is 38.1 Å². The van der Waals surface area contributed by atoms with Crippen LogP contribution >= 0.6 is 11.3 Å². The van der Waals surface area contributed by atoms with Crippen LogP contribution in [0.5, 0.6) is 0 Å². The predicted octanol–water partition coefficient (Wildman–Crippen LogP) is 2.94. The maximum absolute atomic E-state index is 12.7. The number of carbonyl (C=O) groups excluding carboxylic acids is 3. The van der Waals surface area contributed by atoms with E-state index in [0.717, 1.165) is 15.3 Å². The fourth-order valence-corrected chi connectivity index (χ4v) is 4.69. The minimum absolute atomic E-state index is 0.0387. The van der Waals surface area contributed by atoms with E-state index in [9.17, 15) is 14.4 Å². The molecule has 0 saturated carbocycles. The van der Waals surface area contributed by atoms with Crippen LogP contribution in [0.4, 0.5) is 4.79 Å². The third-order valence-corrected chi connectivity index (χ3v) is 6.60. The molecule has 3 heterocycles. The molecule has 1 aromatic carbocycles. The van der Waals surface area contributed by atoms with Crippen molar-refractivity contribution in [3.05, 3.63) is 48.3 Å². The van der Waals surface area contributed by atoms with Crippen molar-refractivity contribution in [1.29, 1.82) is 0 Å². The zero-order valence-electron chi connectivity index (χ0n) is 18.6. The van der Waals surface area contributed by atoms with E-state index in [4.69, 9.17) is 4.74 Å². The number of amides is 3. The molecule has 3 amide bonds. The molecule has 1 fully saturated rings. The number of nitrogens with zero attached hydrogens (tertiary/aromatic N) is 3. The Kier molecular flexibility index (Phi) is 6.93. The predicted molar refractivity (Wildman–Crippen MR) is 126 cm³/mol. The minimum Gasteiger partial charge on any atom is -0.450 e. The van der Waals surface area contributed by atoms with E-state index < -0.39 is 6.04 Å². The Morgan fingerprint density at radius 2 is 1.94 bits per heavy atom. The van der Waals surface area contributed by atoms with Crippen LogP contribution in [-0.4, -0.2) is 64.1 Å². The lowest BCUT2D eigenvalue weighted by Crippen LogP contribution is -2.51. The Morgan fingerprint density at radius 1 is 1.21 bits per heavy atom. The highest BCUT2D eigenvalue weighted by atomic mass is 32.1. The van der Waals surface area contributed by atoms with Crippen LogP contribution in [0, 0.1) is 0 Å². The summed E-state index contributed by atoms with van der Waals surface area (Å²) in [6.45, 7) is 4.85. The first-order chi connectivity index (χ1) is 15.9. The minimum atomic E-state index is -0.687. The van der Waals surface area contributed by atoms with Crippen LogP contribution in [0.1, 0.15) is 37.0 Å². The van der Waals surface area contributed by atoms with Gasteiger partial charge in [-0.25, -0.2) is 9.78 Å². The molecule has 1 saturated heterocycles. The first kappa shape index (κ1) is 22.8. The highest BCUT2D eigenvalue weighted by molar-refractivity contribution is 7.20. The Hall–Kier alpha value is -3.40. The molecule has 9 nitrogen and oxygen atoms in total. The second-order valence-corrected chi connectivity index (χ2v) is 8.94. The molecule has 2 aromatic heterocycles. The summed E-state index contributed by atoms with van der Waals surface area (Å²) in [7, 11) is 0. The van der Waals surface area contributed by atoms with Crippen molar-refractivity contribution >= 4 is 39.5 Å². The van der Waals surface area contributed by atoms with E-state index in [1.165, 1.54) is 11.3 Å². The topological polar surface area (TPSA) is 106 Å². The summed E-state index contributed by atoms with van der Waals surface area (Å²) in [5, 5.41) is 6.57. The van der Waals surface area contributed by atoms with E-state index in [2.05, 4.69) is 15.6 Å². The smallest absolute Gasteiger partial charge is 0.409 e. The SMILES string of the molecule is CCOC(=O)N1CCC(NC(=O)[C@H](C)NC(=O)c2ccc3nc(-n4cccc4)sc3c2)CC1. The zero-order valence-corrected chi connectivity index (χ0v) is 19.4. The lowest BCUT2D eigenvalue weighted by atomic mass is 10.0. The van der Waals surface area contributed by atoms with Crippen LogP contribution in [-0.2, 0) is 9.53 Å². The summed E-state index contributed by atoms with van der Waals surface area (Å²) in [4.78, 5) is 43.4. The number of hydrogen-bond acceptors (Lipinski definition) is 6. The number of thiazole rings is 1. The molecular weight excluding hydrogens is 442 g/mol. The van der Waals surface area contributed by atoms with E-state index in [1.807, 2.05) is 35.2 Å². The third kappa shape index (κ3) is 5.33. The molecule has 0 bridgehead atoms. The van der Waals surface area contributed by atoms with Gasteiger partial charge in [-0.05, 0) is 57.0 Å². The van der Waals surface area contributed by atoms with Crippen molar-refractivity contribution in [2.45, 2.75) is 38.8 Å². The number of aromatic nitrogens is 2. The van der Waals surface area contributed by atoms with Crippen molar-refractivity contribution in [1.82, 2.24) is 25.1 Å². The maximum Gasteiger partial charge on any atom is 0.409 e. The largest absolute Gasteiger partial charge is 0.450 e. The molecule has 2 N–H and O–H groups in total. The number of likely N-dealkylation sites (tertiary alicyclic amines) is 1. The van der Waals surface area contributed by atoms with Gasteiger partial charge in [0.25, 0.3) is 5.91 Å². The van der Waals surface area contributed by atoms with Crippen molar-refractivity contribution in [3.8, 4) is 5.13 Å². The molecular formula is C23H27N5O4S. The number of nitrogens with one attached hydrogen (secondary N) is 2. The first-order valence-corrected chi connectivity index (χ1v) is 11.8. The lowest BCUT2D eigenvalue weighted by Gasteiger charge is -2.32. The van der Waals surface area contributed by atoms with Gasteiger partial charge in [0.1, 0.15) is 6.04 Å². The molecule has 1 aliphatic rings. The average Bonchev–Trinajstić information content (AvgIpc) is 3.49. The second-order valence-electron chi connectivity index (χ2n) is 7.93. The van der Waals surface area contributed by atoms with Gasteiger partial charge in [-0.2, -0.15) is 0 Å². The fourth-order valence-electron chi connectivity index (χ4n) is 3.72. The van der Waals surface area contributed by atoms with Gasteiger partial charge in [-0.15, -0.1) is 0 Å². The fraction of sp³-hybridized carbons (Fsp3) is 0.391. The Bertz CT molecular complexity index is 1140. The van der Waals surface area contributed by atoms with E-state index >= 15 is 0 Å². The number of benzene rings is 1. The quantitative estimate of drug-likeness (QED) is 0.578. The molecule has 0 unspecified atom stereocenters. The van der Waals surface area contributed by atoms with Gasteiger partial charge in [0.2, 0.25) is 5.91 Å². The molecule has 0 radical (unpaired) electrons. The van der Waals surface area contributed by atoms with Gasteiger partial charge in [0.05, 0.1) is 16.8 Å². The molecule has 4 rings (SSSR count). The van der Waals surface area contributed by atoms with Crippen molar-refractivity contribution in [2.75, 3.05) is 19.7 Å². The van der Waals surface area contributed by atoms with Gasteiger partial charge < -0.3 is 24.8 Å². The molecule has 33 heavy (non-hydrogen) atoms. The summed E-state index contributed by atoms with van der Waals surface area (Å²) in [5.41, 5.74) is 1.30. The van der Waals surface area contributed by atoms with Gasteiger partial charge in [-0.3, -0.25) is 9.59 Å². The van der Waals surface area contributed by atoms with E-state index in [1.54, 1.807) is 30.9 Å². The first-order valence-electron chi connectivity index (χ1n) is 11.0. The Balaban J connectivity index is 1.31. The van der Waals surface area contributed by atoms with Crippen LogP contribution in [0.25, 0.3) is 15.3 Å². The molecule has 1 aliphatic heterocycles. The molecule has 0 aliphatic carbocycles. The Morgan fingerprint density at radius 3 is 2.64 bits per heavy atom. The number of ether oxygens (including phenoxy) is 1. The monoisotopic (exact) mass is 469 g/mol. The molecule has 0 spiro atoms. The van der Waals surface area contributed by atoms with Crippen LogP contribution in [0.15, 0.2) is 42.7 Å². The van der Waals surface area contributed by atoms with Gasteiger partial charge in [-0.1, -0.05) is 11.3 Å². The number of fused-ring (bicyclic) bond motifs is 1. The maximum atomic E-state index is 12.7. The Labute approximate surface area is 195 Å². The van der Waals surface area contributed by atoms with Gasteiger partial charge >= 0.3 is 6.09 Å². The summed E-state index contributed by atoms with van der Waals surface area (Å²) in [5.74, 6) is -0.556. The summed E-state index contributed by atoms with van der Waals surface area (Å²) >= 11 is 1.50. The zero-order chi connectivity index (χ0) is 23.4. The standard InChI is InChI=1S/C23H27N5O4S/c1-3-32-23(31)28-12-8-17(9-13-28)25-20(29)15(2)24-21(30)16-6-7-18-19(14-16)33-22(26-18)27-10-4-5-11-27/h4-7,10-11,14-15,17H,3,8-9,12-13H2,1-2H3,(H,24,30)(H,25,29)/t15-/m0/s1. The van der Waals surface area contributed by atoms with Gasteiger partial charge in [0.15, 0.2) is 5.13 Å². The highest BCUT2D eigenvalue weighted by Crippen LogP contribution is 2.26. The molecule has 1 atom stereocenters. The summed E-state index contributed by atoms with van der Waals surface area (Å²) < 4.78 is 7.84. The molecule has 10 heteroatoms. The summed E-state index contributed by atoms with van der Waals surface area (Å²) in [6.07, 6.45) is 4.83. The third-order valence-electron chi connectivity index (χ3n) is 5.57. The van der Waals surface area contributed by atoms with Crippen molar-refractivity contribution in [2.24, 2.45) is 0 Å². The van der Waals surface area contributed by atoms with Crippen LogP contribution in [0.3, 0.4) is 0 Å². The van der Waals surface area contributed by atoms with Crippen LogP contribution < -0.4 is 10.6 Å². The lowest BCUT2D eigenvalue weighted by molar-refractivity contribution is -0.123. The van der Waals surface area contributed by atoms with Crippen molar-refractivity contribution < 1.29 is 19.1 Å². The molecule has 3 aromatic rings. The number of piperidine rings is 1. The number of rotatable bonds is 6. The summed E-state index contributed by atoms with van der Waals surface area (Å²) in [6, 6.07) is 8.46. The van der Waals surface area contributed by atoms with Gasteiger partial charge in [0, 0.05) is 37.1 Å². The molecule has 174 valence electrons. The average molecular weight is 470 g/mol. The number of carbonyl (C=O) groups is 3. The van der Waals surface area contributed by atoms with E-state index in [-0.39, 0.29) is 23.9 Å². The number of hydrogen-bond donors (Lipinski definition) is 2. The highest BCUT2D eigenvalue weighted by Gasteiger charge is 2.26.